The highest BCUT2D eigenvalue weighted by atomic mass is 32.2. The predicted octanol–water partition coefficient (Wildman–Crippen LogP) is 1.75. The van der Waals surface area contributed by atoms with Gasteiger partial charge in [-0.05, 0) is 42.5 Å². The van der Waals surface area contributed by atoms with Crippen LogP contribution in [0.25, 0.3) is 0 Å². The van der Waals surface area contributed by atoms with Gasteiger partial charge in [-0.15, -0.1) is 11.8 Å². The number of benzene rings is 2. The Morgan fingerprint density at radius 3 is 2.50 bits per heavy atom. The van der Waals surface area contributed by atoms with Crippen LogP contribution in [-0.4, -0.2) is 51.6 Å². The number of nitrogens with one attached hydrogen (secondary N) is 1. The molecule has 4 N–H and O–H groups in total. The fraction of sp³-hybridized carbons (Fsp3) is 0.391. The van der Waals surface area contributed by atoms with E-state index in [2.05, 4.69) is 5.32 Å². The summed E-state index contributed by atoms with van der Waals surface area (Å²) in [5, 5.41) is 13.5. The van der Waals surface area contributed by atoms with Crippen LogP contribution in [0.3, 0.4) is 0 Å². The first-order chi connectivity index (χ1) is 14.4. The summed E-state index contributed by atoms with van der Waals surface area (Å²) >= 11 is 1.50. The molecule has 0 bridgehead atoms. The number of thioether (sulfide) groups is 1. The van der Waals surface area contributed by atoms with Crippen LogP contribution in [0, 0.1) is 13.8 Å². The standard InChI is InChI=1S/C23H29N3O3S/c1-15-7-6-8-16(2)18(15)12-25-22(28)20-13-30-14-26(20)23(29)21(27)19(24)11-17-9-4-3-5-10-17/h3-10,19-21,27H,11-14,24H2,1-2H3,(H,25,28)/t19-,20-,21-/m0/s1. The van der Waals surface area contributed by atoms with Gasteiger partial charge in [0.05, 0.1) is 5.88 Å². The number of nitrogens with two attached hydrogens (primary N) is 1. The fourth-order valence-corrected chi connectivity index (χ4v) is 4.81. The second-order valence-corrected chi connectivity index (χ2v) is 8.71. The molecule has 1 aliphatic heterocycles. The molecule has 3 rings (SSSR count). The monoisotopic (exact) mass is 427 g/mol. The lowest BCUT2D eigenvalue weighted by atomic mass is 10.0. The zero-order valence-corrected chi connectivity index (χ0v) is 18.2. The summed E-state index contributed by atoms with van der Waals surface area (Å²) in [5.74, 6) is 0.177. The lowest BCUT2D eigenvalue weighted by Crippen LogP contribution is -2.54. The van der Waals surface area contributed by atoms with Gasteiger partial charge in [-0.2, -0.15) is 0 Å². The number of hydrogen-bond donors (Lipinski definition) is 3. The Bertz CT molecular complexity index is 870. The number of carbonyl (C=O) groups is 2. The van der Waals surface area contributed by atoms with E-state index in [0.29, 0.717) is 24.6 Å². The van der Waals surface area contributed by atoms with Crippen LogP contribution in [0.5, 0.6) is 0 Å². The Labute approximate surface area is 181 Å². The van der Waals surface area contributed by atoms with Crippen molar-refractivity contribution in [2.24, 2.45) is 5.73 Å². The second-order valence-electron chi connectivity index (χ2n) is 7.71. The third kappa shape index (κ3) is 5.22. The van der Waals surface area contributed by atoms with E-state index in [0.717, 1.165) is 22.3 Å². The van der Waals surface area contributed by atoms with Crippen LogP contribution in [-0.2, 0) is 22.6 Å². The van der Waals surface area contributed by atoms with E-state index in [1.165, 1.54) is 16.7 Å². The number of aliphatic hydroxyl groups is 1. The molecule has 30 heavy (non-hydrogen) atoms. The lowest BCUT2D eigenvalue weighted by Gasteiger charge is -2.28. The lowest BCUT2D eigenvalue weighted by molar-refractivity contribution is -0.145. The minimum Gasteiger partial charge on any atom is -0.382 e. The molecule has 0 aliphatic carbocycles. The van der Waals surface area contributed by atoms with Crippen molar-refractivity contribution in [2.45, 2.75) is 45.0 Å². The topological polar surface area (TPSA) is 95.7 Å². The van der Waals surface area contributed by atoms with Crippen molar-refractivity contribution in [1.82, 2.24) is 10.2 Å². The molecule has 0 radical (unpaired) electrons. The Morgan fingerprint density at radius 2 is 1.83 bits per heavy atom. The van der Waals surface area contributed by atoms with Gasteiger partial charge in [-0.1, -0.05) is 48.5 Å². The van der Waals surface area contributed by atoms with E-state index >= 15 is 0 Å². The van der Waals surface area contributed by atoms with Crippen LogP contribution >= 0.6 is 11.8 Å². The summed E-state index contributed by atoms with van der Waals surface area (Å²) in [6, 6.07) is 14.2. The fourth-order valence-electron chi connectivity index (χ4n) is 3.65. The van der Waals surface area contributed by atoms with E-state index in [9.17, 15) is 14.7 Å². The molecular weight excluding hydrogens is 398 g/mol. The average molecular weight is 428 g/mol. The molecule has 7 heteroatoms. The molecule has 1 heterocycles. The van der Waals surface area contributed by atoms with Gasteiger partial charge in [-0.3, -0.25) is 9.59 Å². The number of nitrogens with zero attached hydrogens (tertiary/aromatic N) is 1. The van der Waals surface area contributed by atoms with Crippen molar-refractivity contribution in [2.75, 3.05) is 11.6 Å². The van der Waals surface area contributed by atoms with Crippen LogP contribution in [0.4, 0.5) is 0 Å². The average Bonchev–Trinajstić information content (AvgIpc) is 3.23. The first-order valence-electron chi connectivity index (χ1n) is 10.1. The van der Waals surface area contributed by atoms with Crippen molar-refractivity contribution in [1.29, 1.82) is 0 Å². The molecule has 1 saturated heterocycles. The Kier molecular flexibility index (Phi) is 7.53. The Morgan fingerprint density at radius 1 is 1.17 bits per heavy atom. The Balaban J connectivity index is 1.61. The van der Waals surface area contributed by atoms with Gasteiger partial charge in [0.2, 0.25) is 5.91 Å². The van der Waals surface area contributed by atoms with Crippen molar-refractivity contribution in [3.05, 3.63) is 70.8 Å². The van der Waals surface area contributed by atoms with E-state index in [-0.39, 0.29) is 5.91 Å². The minimum absolute atomic E-state index is 0.208. The maximum absolute atomic E-state index is 12.9. The van der Waals surface area contributed by atoms with Crippen molar-refractivity contribution >= 4 is 23.6 Å². The SMILES string of the molecule is Cc1cccc(C)c1CNC(=O)[C@@H]1CSCN1C(=O)[C@@H](O)[C@@H](N)Cc1ccccc1. The van der Waals surface area contributed by atoms with E-state index < -0.39 is 24.1 Å². The highest BCUT2D eigenvalue weighted by molar-refractivity contribution is 7.99. The molecule has 6 nitrogen and oxygen atoms in total. The summed E-state index contributed by atoms with van der Waals surface area (Å²) in [6.45, 7) is 4.44. The van der Waals surface area contributed by atoms with Gasteiger partial charge < -0.3 is 21.1 Å². The number of aliphatic hydroxyl groups excluding tert-OH is 1. The maximum Gasteiger partial charge on any atom is 0.254 e. The molecule has 1 fully saturated rings. The van der Waals surface area contributed by atoms with Gasteiger partial charge in [0.25, 0.3) is 5.91 Å². The third-order valence-corrected chi connectivity index (χ3v) is 6.54. The number of hydrogen-bond acceptors (Lipinski definition) is 5. The zero-order chi connectivity index (χ0) is 21.7. The summed E-state index contributed by atoms with van der Waals surface area (Å²) in [6.07, 6.45) is -0.962. The van der Waals surface area contributed by atoms with Gasteiger partial charge in [0, 0.05) is 18.3 Å². The molecule has 3 atom stereocenters. The maximum atomic E-state index is 12.9. The van der Waals surface area contributed by atoms with Crippen molar-refractivity contribution in [3.63, 3.8) is 0 Å². The summed E-state index contributed by atoms with van der Waals surface area (Å²) in [7, 11) is 0. The van der Waals surface area contributed by atoms with E-state index in [4.69, 9.17) is 5.73 Å². The Hall–Kier alpha value is -2.35. The van der Waals surface area contributed by atoms with Crippen molar-refractivity contribution < 1.29 is 14.7 Å². The quantitative estimate of drug-likeness (QED) is 0.626. The number of amides is 2. The largest absolute Gasteiger partial charge is 0.382 e. The third-order valence-electron chi connectivity index (χ3n) is 5.52. The molecule has 0 unspecified atom stereocenters. The van der Waals surface area contributed by atoms with Gasteiger partial charge in [0.15, 0.2) is 0 Å². The van der Waals surface area contributed by atoms with Gasteiger partial charge in [0.1, 0.15) is 12.1 Å². The van der Waals surface area contributed by atoms with E-state index in [1.807, 2.05) is 62.4 Å². The predicted molar refractivity (Wildman–Crippen MR) is 120 cm³/mol. The van der Waals surface area contributed by atoms with Gasteiger partial charge in [-0.25, -0.2) is 0 Å². The number of aryl methyl sites for hydroxylation is 2. The van der Waals surface area contributed by atoms with Gasteiger partial charge >= 0.3 is 0 Å². The first kappa shape index (κ1) is 22.3. The summed E-state index contributed by atoms with van der Waals surface area (Å²) in [5.41, 5.74) is 10.4. The molecule has 0 spiro atoms. The van der Waals surface area contributed by atoms with E-state index in [1.54, 1.807) is 0 Å². The molecular formula is C23H29N3O3S. The molecule has 2 aromatic rings. The first-order valence-corrected chi connectivity index (χ1v) is 11.2. The molecule has 0 saturated carbocycles. The minimum atomic E-state index is -1.35. The highest BCUT2D eigenvalue weighted by Gasteiger charge is 2.38. The normalized spacial score (nSPS) is 18.1. The van der Waals surface area contributed by atoms with Crippen molar-refractivity contribution in [3.8, 4) is 0 Å². The smallest absolute Gasteiger partial charge is 0.254 e. The highest BCUT2D eigenvalue weighted by Crippen LogP contribution is 2.23. The molecule has 0 aromatic heterocycles. The molecule has 2 amide bonds. The molecule has 2 aromatic carbocycles. The number of carbonyl (C=O) groups excluding carboxylic acids is 2. The van der Waals surface area contributed by atoms with Crippen LogP contribution in [0.2, 0.25) is 0 Å². The summed E-state index contributed by atoms with van der Waals surface area (Å²) < 4.78 is 0. The zero-order valence-electron chi connectivity index (χ0n) is 17.4. The molecule has 1 aliphatic rings. The second kappa shape index (κ2) is 10.1. The van der Waals surface area contributed by atoms with Crippen LogP contribution in [0.1, 0.15) is 22.3 Å². The van der Waals surface area contributed by atoms with Crippen LogP contribution in [0.15, 0.2) is 48.5 Å². The summed E-state index contributed by atoms with van der Waals surface area (Å²) in [4.78, 5) is 27.1. The number of rotatable bonds is 7. The molecule has 160 valence electrons. The van der Waals surface area contributed by atoms with Crippen LogP contribution < -0.4 is 11.1 Å².